The van der Waals surface area contributed by atoms with Gasteiger partial charge in [-0.1, -0.05) is 0 Å². The zero-order valence-electron chi connectivity index (χ0n) is 15.0. The number of ether oxygens (including phenoxy) is 1. The summed E-state index contributed by atoms with van der Waals surface area (Å²) in [6.45, 7) is 2.99. The molecule has 2 saturated heterocycles. The van der Waals surface area contributed by atoms with Gasteiger partial charge in [-0.15, -0.1) is 0 Å². The van der Waals surface area contributed by atoms with Crippen molar-refractivity contribution in [2.75, 3.05) is 26.3 Å². The SMILES string of the molecule is O=C(c1cnc2c(c1)ncn2C1CCOCC1)N1CCC(c2ccn[nH]2)C1. The van der Waals surface area contributed by atoms with Crippen LogP contribution in [0.15, 0.2) is 30.9 Å². The minimum absolute atomic E-state index is 0.0204. The van der Waals surface area contributed by atoms with Gasteiger partial charge in [0.1, 0.15) is 5.52 Å². The number of nitrogens with one attached hydrogen (secondary N) is 1. The van der Waals surface area contributed by atoms with Crippen LogP contribution in [0.4, 0.5) is 0 Å². The molecule has 27 heavy (non-hydrogen) atoms. The number of H-pyrrole nitrogens is 1. The fraction of sp³-hybridized carbons (Fsp3) is 0.474. The third-order valence-corrected chi connectivity index (χ3v) is 5.68. The van der Waals surface area contributed by atoms with Gasteiger partial charge in [0, 0.05) is 56.4 Å². The molecule has 8 nitrogen and oxygen atoms in total. The highest BCUT2D eigenvalue weighted by molar-refractivity contribution is 5.96. The Hall–Kier alpha value is -2.74. The number of nitrogens with zero attached hydrogens (tertiary/aromatic N) is 5. The van der Waals surface area contributed by atoms with Crippen LogP contribution in [0.25, 0.3) is 11.2 Å². The molecule has 0 aliphatic carbocycles. The second-order valence-electron chi connectivity index (χ2n) is 7.31. The summed E-state index contributed by atoms with van der Waals surface area (Å²) < 4.78 is 7.56. The van der Waals surface area contributed by atoms with Crippen molar-refractivity contribution in [2.24, 2.45) is 0 Å². The fourth-order valence-electron chi connectivity index (χ4n) is 4.14. The van der Waals surface area contributed by atoms with E-state index in [9.17, 15) is 4.79 Å². The van der Waals surface area contributed by atoms with Crippen molar-refractivity contribution in [2.45, 2.75) is 31.2 Å². The molecular weight excluding hydrogens is 344 g/mol. The maximum absolute atomic E-state index is 12.9. The quantitative estimate of drug-likeness (QED) is 0.767. The van der Waals surface area contributed by atoms with Crippen LogP contribution in [0.3, 0.4) is 0 Å². The molecule has 3 aromatic heterocycles. The summed E-state index contributed by atoms with van der Waals surface area (Å²) in [5, 5.41) is 7.03. The second-order valence-corrected chi connectivity index (χ2v) is 7.31. The number of carbonyl (C=O) groups is 1. The number of aromatic amines is 1. The van der Waals surface area contributed by atoms with Gasteiger partial charge in [0.2, 0.25) is 0 Å². The van der Waals surface area contributed by atoms with E-state index in [1.807, 2.05) is 23.4 Å². The maximum atomic E-state index is 12.9. The molecule has 0 aromatic carbocycles. The number of imidazole rings is 1. The van der Waals surface area contributed by atoms with Crippen LogP contribution in [0.5, 0.6) is 0 Å². The molecule has 0 bridgehead atoms. The van der Waals surface area contributed by atoms with E-state index in [-0.39, 0.29) is 5.91 Å². The number of rotatable bonds is 3. The Bertz CT molecular complexity index is 944. The largest absolute Gasteiger partial charge is 0.381 e. The summed E-state index contributed by atoms with van der Waals surface area (Å²) >= 11 is 0. The Morgan fingerprint density at radius 2 is 2.11 bits per heavy atom. The minimum Gasteiger partial charge on any atom is -0.381 e. The van der Waals surface area contributed by atoms with E-state index >= 15 is 0 Å². The number of fused-ring (bicyclic) bond motifs is 1. The lowest BCUT2D eigenvalue weighted by Crippen LogP contribution is -2.28. The van der Waals surface area contributed by atoms with Gasteiger partial charge < -0.3 is 14.2 Å². The molecule has 2 fully saturated rings. The Labute approximate surface area is 156 Å². The molecule has 5 heterocycles. The predicted molar refractivity (Wildman–Crippen MR) is 98.5 cm³/mol. The topological polar surface area (TPSA) is 88.9 Å². The van der Waals surface area contributed by atoms with Gasteiger partial charge in [-0.3, -0.25) is 9.89 Å². The molecule has 3 aromatic rings. The molecule has 1 amide bonds. The van der Waals surface area contributed by atoms with Crippen molar-refractivity contribution in [1.82, 2.24) is 29.6 Å². The first-order valence-electron chi connectivity index (χ1n) is 9.48. The second kappa shape index (κ2) is 6.77. The molecule has 140 valence electrons. The normalized spacial score (nSPS) is 21.2. The predicted octanol–water partition coefficient (Wildman–Crippen LogP) is 2.14. The summed E-state index contributed by atoms with van der Waals surface area (Å²) in [5.74, 6) is 0.341. The highest BCUT2D eigenvalue weighted by Crippen LogP contribution is 2.28. The number of hydrogen-bond donors (Lipinski definition) is 1. The van der Waals surface area contributed by atoms with Crippen molar-refractivity contribution < 1.29 is 9.53 Å². The van der Waals surface area contributed by atoms with Crippen molar-refractivity contribution in [1.29, 1.82) is 0 Å². The number of aromatic nitrogens is 5. The van der Waals surface area contributed by atoms with Gasteiger partial charge in [-0.2, -0.15) is 5.10 Å². The van der Waals surface area contributed by atoms with E-state index in [1.54, 1.807) is 12.4 Å². The van der Waals surface area contributed by atoms with Gasteiger partial charge in [-0.25, -0.2) is 9.97 Å². The monoisotopic (exact) mass is 366 g/mol. The van der Waals surface area contributed by atoms with Gasteiger partial charge >= 0.3 is 0 Å². The van der Waals surface area contributed by atoms with Crippen LogP contribution in [-0.2, 0) is 4.74 Å². The van der Waals surface area contributed by atoms with E-state index < -0.39 is 0 Å². The van der Waals surface area contributed by atoms with Crippen molar-refractivity contribution in [3.63, 3.8) is 0 Å². The van der Waals surface area contributed by atoms with Gasteiger partial charge in [0.15, 0.2) is 5.65 Å². The molecule has 0 spiro atoms. The third kappa shape index (κ3) is 2.99. The zero-order valence-corrected chi connectivity index (χ0v) is 15.0. The standard InChI is InChI=1S/C19H22N6O2/c26-19(24-6-2-13(11-24)16-1-5-22-23-16)14-9-17-18(20-10-14)25(12-21-17)15-3-7-27-8-4-15/h1,5,9-10,12-13,15H,2-4,6-8,11H2,(H,22,23). The van der Waals surface area contributed by atoms with Crippen molar-refractivity contribution in [3.05, 3.63) is 42.1 Å². The van der Waals surface area contributed by atoms with Gasteiger partial charge in [0.25, 0.3) is 5.91 Å². The van der Waals surface area contributed by atoms with Crippen LogP contribution in [0, 0.1) is 0 Å². The summed E-state index contributed by atoms with van der Waals surface area (Å²) in [7, 11) is 0. The Balaban J connectivity index is 1.35. The number of amides is 1. The van der Waals surface area contributed by atoms with E-state index in [0.717, 1.165) is 55.9 Å². The maximum Gasteiger partial charge on any atom is 0.255 e. The summed E-state index contributed by atoms with van der Waals surface area (Å²) in [6, 6.07) is 4.21. The Morgan fingerprint density at radius 1 is 1.22 bits per heavy atom. The lowest BCUT2D eigenvalue weighted by molar-refractivity contribution is 0.0704. The third-order valence-electron chi connectivity index (χ3n) is 5.68. The van der Waals surface area contributed by atoms with Gasteiger partial charge in [-0.05, 0) is 31.4 Å². The molecule has 0 saturated carbocycles. The average Bonchev–Trinajstić information content (AvgIpc) is 3.47. The van der Waals surface area contributed by atoms with Crippen LogP contribution < -0.4 is 0 Å². The first kappa shape index (κ1) is 16.4. The Kier molecular flexibility index (Phi) is 4.12. The molecule has 8 heteroatoms. The van der Waals surface area contributed by atoms with E-state index in [1.165, 1.54) is 0 Å². The molecule has 1 atom stereocenters. The molecule has 5 rings (SSSR count). The summed E-state index contributed by atoms with van der Waals surface area (Å²) in [5.41, 5.74) is 3.31. The lowest BCUT2D eigenvalue weighted by atomic mass is 10.1. The minimum atomic E-state index is 0.0204. The van der Waals surface area contributed by atoms with E-state index in [4.69, 9.17) is 4.74 Å². The molecular formula is C19H22N6O2. The van der Waals surface area contributed by atoms with Crippen molar-refractivity contribution >= 4 is 17.1 Å². The van der Waals surface area contributed by atoms with E-state index in [2.05, 4.69) is 24.7 Å². The molecule has 1 unspecified atom stereocenters. The smallest absolute Gasteiger partial charge is 0.255 e. The number of likely N-dealkylation sites (tertiary alicyclic amines) is 1. The van der Waals surface area contributed by atoms with Crippen LogP contribution in [-0.4, -0.2) is 61.8 Å². The van der Waals surface area contributed by atoms with Crippen LogP contribution in [0.1, 0.15) is 47.3 Å². The summed E-state index contributed by atoms with van der Waals surface area (Å²) in [4.78, 5) is 23.9. The molecule has 1 N–H and O–H groups in total. The highest BCUT2D eigenvalue weighted by Gasteiger charge is 2.29. The first-order valence-corrected chi connectivity index (χ1v) is 9.48. The number of hydrogen-bond acceptors (Lipinski definition) is 5. The summed E-state index contributed by atoms with van der Waals surface area (Å²) in [6.07, 6.45) is 8.17. The molecule has 0 radical (unpaired) electrons. The average molecular weight is 366 g/mol. The number of carbonyl (C=O) groups excluding carboxylic acids is 1. The Morgan fingerprint density at radius 3 is 2.93 bits per heavy atom. The molecule has 2 aliphatic heterocycles. The van der Waals surface area contributed by atoms with E-state index in [0.29, 0.717) is 24.1 Å². The molecule has 2 aliphatic rings. The fourth-order valence-corrected chi connectivity index (χ4v) is 4.14. The van der Waals surface area contributed by atoms with Gasteiger partial charge in [0.05, 0.1) is 11.9 Å². The highest BCUT2D eigenvalue weighted by atomic mass is 16.5. The van der Waals surface area contributed by atoms with Crippen molar-refractivity contribution in [3.8, 4) is 0 Å². The zero-order chi connectivity index (χ0) is 18.2. The van der Waals surface area contributed by atoms with Crippen LogP contribution in [0.2, 0.25) is 0 Å². The lowest BCUT2D eigenvalue weighted by Gasteiger charge is -2.23. The number of pyridine rings is 1. The van der Waals surface area contributed by atoms with Crippen LogP contribution >= 0.6 is 0 Å². The first-order chi connectivity index (χ1) is 13.3.